The van der Waals surface area contributed by atoms with E-state index in [1.54, 1.807) is 14.2 Å². The van der Waals surface area contributed by atoms with Crippen molar-refractivity contribution >= 4 is 24.0 Å². The van der Waals surface area contributed by atoms with E-state index in [0.29, 0.717) is 0 Å². The second kappa shape index (κ2) is 6.65. The molecule has 0 aromatic carbocycles. The van der Waals surface area contributed by atoms with Gasteiger partial charge in [0.2, 0.25) is 0 Å². The summed E-state index contributed by atoms with van der Waals surface area (Å²) in [5.41, 5.74) is 0. The van der Waals surface area contributed by atoms with Gasteiger partial charge in [-0.1, -0.05) is 11.2 Å². The van der Waals surface area contributed by atoms with Gasteiger partial charge in [0, 0.05) is 21.1 Å². The average Bonchev–Trinajstić information content (AvgIpc) is 1.87. The second-order valence-electron chi connectivity index (χ2n) is 1.86. The van der Waals surface area contributed by atoms with Crippen LogP contribution >= 0.6 is 11.2 Å². The third-order valence-corrected chi connectivity index (χ3v) is 6.19. The first-order valence-electron chi connectivity index (χ1n) is 2.84. The molecule has 0 N–H and O–H groups in total. The van der Waals surface area contributed by atoms with Crippen LogP contribution in [-0.4, -0.2) is 27.0 Å². The van der Waals surface area contributed by atoms with Crippen molar-refractivity contribution in [2.75, 3.05) is 14.2 Å². The van der Waals surface area contributed by atoms with Crippen molar-refractivity contribution in [3.8, 4) is 0 Å². The van der Waals surface area contributed by atoms with Crippen LogP contribution in [0.15, 0.2) is 0 Å². The Kier molecular flexibility index (Phi) is 8.87. The van der Waals surface area contributed by atoms with Gasteiger partial charge in [-0.25, -0.2) is 0 Å². The zero-order valence-electron chi connectivity index (χ0n) is 8.63. The maximum atomic E-state index is 10.6. The summed E-state index contributed by atoms with van der Waals surface area (Å²) in [6, 6.07) is 0. The van der Waals surface area contributed by atoms with Crippen LogP contribution in [0.2, 0.25) is 6.55 Å². The fourth-order valence-corrected chi connectivity index (χ4v) is 3.35. The van der Waals surface area contributed by atoms with Crippen LogP contribution in [0, 0.1) is 0 Å². The van der Waals surface area contributed by atoms with Crippen molar-refractivity contribution in [1.29, 1.82) is 0 Å². The maximum absolute atomic E-state index is 10.6. The van der Waals surface area contributed by atoms with Crippen molar-refractivity contribution in [3.63, 3.8) is 0 Å². The fraction of sp³-hybridized carbons (Fsp3) is 0.800. The van der Waals surface area contributed by atoms with Gasteiger partial charge in [-0.05, 0) is 6.55 Å². The van der Waals surface area contributed by atoms with Crippen LogP contribution in [0.25, 0.3) is 0 Å². The molecule has 0 spiro atoms. The fourth-order valence-electron chi connectivity index (χ4n) is 0.428. The molecule has 0 atom stereocenters. The molecular formula is C5H13NaO3SSi. The molecule has 0 saturated carbocycles. The van der Waals surface area contributed by atoms with Crippen molar-refractivity contribution in [3.05, 3.63) is 0 Å². The first-order valence-corrected chi connectivity index (χ1v) is 6.69. The topological polar surface area (TPSA) is 35.5 Å². The van der Waals surface area contributed by atoms with Crippen molar-refractivity contribution < 1.29 is 44.6 Å². The molecule has 0 aliphatic rings. The van der Waals surface area contributed by atoms with Crippen molar-refractivity contribution in [1.82, 2.24) is 0 Å². The molecular weight excluding hydrogens is 191 g/mol. The molecule has 62 valence electrons. The average molecular weight is 204 g/mol. The largest absolute Gasteiger partial charge is 1.00 e. The van der Waals surface area contributed by atoms with Crippen LogP contribution in [0.4, 0.5) is 0 Å². The molecule has 0 radical (unpaired) electrons. The second-order valence-corrected chi connectivity index (χ2v) is 8.02. The summed E-state index contributed by atoms with van der Waals surface area (Å²) in [6.07, 6.45) is 0. The van der Waals surface area contributed by atoms with Gasteiger partial charge in [0.25, 0.3) is 0 Å². The van der Waals surface area contributed by atoms with Crippen LogP contribution < -0.4 is 29.6 Å². The Morgan fingerprint density at radius 3 is 1.91 bits per heavy atom. The smallest absolute Gasteiger partial charge is 1.00 e. The zero-order valence-corrected chi connectivity index (χ0v) is 11.4. The van der Waals surface area contributed by atoms with Crippen LogP contribution in [0.3, 0.4) is 0 Å². The Balaban J connectivity index is -0.000000405. The van der Waals surface area contributed by atoms with E-state index in [-0.39, 0.29) is 36.1 Å². The van der Waals surface area contributed by atoms with E-state index >= 15 is 0 Å². The summed E-state index contributed by atoms with van der Waals surface area (Å²) in [5.74, 6) is 0. The summed E-state index contributed by atoms with van der Waals surface area (Å²) in [6.45, 7) is 3.34. The predicted molar refractivity (Wildman–Crippen MR) is 45.0 cm³/mol. The first-order chi connectivity index (χ1) is 4.54. The number of rotatable bonds is 3. The summed E-state index contributed by atoms with van der Waals surface area (Å²) < 4.78 is 10.1. The molecule has 0 aliphatic heterocycles. The standard InChI is InChI=1S/C5H12O3SSi.Na.H/c1-5(6)9-10(4,7-2)8-3;;/h1-4H3;;/q;+1;-1. The molecule has 6 heteroatoms. The van der Waals surface area contributed by atoms with E-state index in [4.69, 9.17) is 8.85 Å². The normalized spacial score (nSPS) is 10.5. The molecule has 0 saturated heterocycles. The van der Waals surface area contributed by atoms with E-state index in [2.05, 4.69) is 0 Å². The number of hydrogen-bond donors (Lipinski definition) is 0. The molecule has 0 fully saturated rings. The summed E-state index contributed by atoms with van der Waals surface area (Å²) in [4.78, 5) is 10.6. The van der Waals surface area contributed by atoms with Gasteiger partial charge in [-0.2, -0.15) is 0 Å². The van der Waals surface area contributed by atoms with Crippen molar-refractivity contribution in [2.45, 2.75) is 13.5 Å². The number of carbonyl (C=O) groups is 1. The van der Waals surface area contributed by atoms with Gasteiger partial charge >= 0.3 is 37.3 Å². The Hall–Kier alpha value is 1.16. The molecule has 0 unspecified atom stereocenters. The van der Waals surface area contributed by atoms with Gasteiger partial charge in [0.1, 0.15) is 0 Å². The maximum Gasteiger partial charge on any atom is 1.00 e. The van der Waals surface area contributed by atoms with Gasteiger partial charge in [-0.15, -0.1) is 0 Å². The molecule has 0 amide bonds. The minimum absolute atomic E-state index is 0. The van der Waals surface area contributed by atoms with Gasteiger partial charge in [0.15, 0.2) is 5.12 Å². The third kappa shape index (κ3) is 6.33. The van der Waals surface area contributed by atoms with Gasteiger partial charge < -0.3 is 10.3 Å². The van der Waals surface area contributed by atoms with Crippen LogP contribution in [-0.2, 0) is 13.6 Å². The third-order valence-electron chi connectivity index (χ3n) is 1.07. The Bertz CT molecular complexity index is 134. The number of carbonyl (C=O) groups excluding carboxylic acids is 1. The molecule has 0 rings (SSSR count). The minimum atomic E-state index is -2.19. The summed E-state index contributed by atoms with van der Waals surface area (Å²) >= 11 is 1.16. The Morgan fingerprint density at radius 1 is 1.45 bits per heavy atom. The zero-order chi connectivity index (χ0) is 8.20. The molecule has 0 heterocycles. The minimum Gasteiger partial charge on any atom is -1.00 e. The Labute approximate surface area is 95.9 Å². The molecule has 0 aromatic heterocycles. The predicted octanol–water partition coefficient (Wildman–Crippen LogP) is -1.76. The van der Waals surface area contributed by atoms with Gasteiger partial charge in [-0.3, -0.25) is 4.79 Å². The summed E-state index contributed by atoms with van der Waals surface area (Å²) in [5, 5.41) is 0.0397. The van der Waals surface area contributed by atoms with E-state index < -0.39 is 7.71 Å². The van der Waals surface area contributed by atoms with E-state index in [0.717, 1.165) is 11.2 Å². The Morgan fingerprint density at radius 2 is 1.82 bits per heavy atom. The van der Waals surface area contributed by atoms with E-state index in [1.807, 2.05) is 6.55 Å². The molecule has 0 aromatic rings. The van der Waals surface area contributed by atoms with Crippen LogP contribution in [0.1, 0.15) is 8.35 Å². The van der Waals surface area contributed by atoms with Gasteiger partial charge in [0.05, 0.1) is 0 Å². The molecule has 0 bridgehead atoms. The molecule has 3 nitrogen and oxygen atoms in total. The van der Waals surface area contributed by atoms with Crippen molar-refractivity contribution in [2.24, 2.45) is 0 Å². The first kappa shape index (κ1) is 14.7. The van der Waals surface area contributed by atoms with E-state index in [9.17, 15) is 4.79 Å². The summed E-state index contributed by atoms with van der Waals surface area (Å²) in [7, 11) is 0.929. The molecule has 11 heavy (non-hydrogen) atoms. The monoisotopic (exact) mass is 204 g/mol. The van der Waals surface area contributed by atoms with Crippen LogP contribution in [0.5, 0.6) is 0 Å². The SMILES string of the molecule is CO[Si](C)(OC)SC(C)=O.[H-].[Na+]. The van der Waals surface area contributed by atoms with E-state index in [1.165, 1.54) is 6.92 Å². The number of hydrogen-bond acceptors (Lipinski definition) is 4. The quantitative estimate of drug-likeness (QED) is 0.511. The molecule has 0 aliphatic carbocycles.